The summed E-state index contributed by atoms with van der Waals surface area (Å²) in [6.07, 6.45) is 0.760. The summed E-state index contributed by atoms with van der Waals surface area (Å²) in [5.41, 5.74) is 0.772. The van der Waals surface area contributed by atoms with Gasteiger partial charge < -0.3 is 15.5 Å². The normalized spacial score (nSPS) is 12.4. The number of carboxylic acid groups (broad SMARTS) is 1. The van der Waals surface area contributed by atoms with Gasteiger partial charge in [0.2, 0.25) is 0 Å². The lowest BCUT2D eigenvalue weighted by molar-refractivity contribution is 0.0690. The van der Waals surface area contributed by atoms with E-state index in [1.54, 1.807) is 12.1 Å². The number of pyridine rings is 1. The van der Waals surface area contributed by atoms with Crippen LogP contribution in [0.3, 0.4) is 0 Å². The molecule has 17 heavy (non-hydrogen) atoms. The lowest BCUT2D eigenvalue weighted by Gasteiger charge is -2.10. The first kappa shape index (κ1) is 13.6. The van der Waals surface area contributed by atoms with Crippen LogP contribution in [0.25, 0.3) is 0 Å². The zero-order chi connectivity index (χ0) is 12.7. The number of aromatic nitrogens is 1. The number of carboxylic acids is 1. The highest BCUT2D eigenvalue weighted by molar-refractivity contribution is 5.85. The van der Waals surface area contributed by atoms with Crippen LogP contribution >= 0.6 is 0 Å². The van der Waals surface area contributed by atoms with Crippen molar-refractivity contribution in [1.82, 2.24) is 10.3 Å². The van der Waals surface area contributed by atoms with Gasteiger partial charge >= 0.3 is 5.97 Å². The maximum Gasteiger partial charge on any atom is 0.354 e. The molecule has 1 atom stereocenters. The van der Waals surface area contributed by atoms with Crippen molar-refractivity contribution in [2.75, 3.05) is 13.2 Å². The Morgan fingerprint density at radius 1 is 1.53 bits per heavy atom. The van der Waals surface area contributed by atoms with Gasteiger partial charge in [0.05, 0.1) is 5.69 Å². The molecule has 94 valence electrons. The molecule has 3 N–H and O–H groups in total. The van der Waals surface area contributed by atoms with E-state index >= 15 is 0 Å². The summed E-state index contributed by atoms with van der Waals surface area (Å²) in [6.45, 7) is 3.55. The zero-order valence-corrected chi connectivity index (χ0v) is 9.89. The molecule has 0 radical (unpaired) electrons. The van der Waals surface area contributed by atoms with E-state index in [0.29, 0.717) is 18.2 Å². The predicted octanol–water partition coefficient (Wildman–Crippen LogP) is 0.888. The van der Waals surface area contributed by atoms with Crippen molar-refractivity contribution in [2.45, 2.75) is 19.9 Å². The highest BCUT2D eigenvalue weighted by Gasteiger charge is 2.05. The van der Waals surface area contributed by atoms with Crippen molar-refractivity contribution in [2.24, 2.45) is 5.92 Å². The molecule has 0 saturated heterocycles. The van der Waals surface area contributed by atoms with Crippen LogP contribution in [0.5, 0.6) is 0 Å². The molecule has 1 heterocycles. The second-order valence-corrected chi connectivity index (χ2v) is 4.07. The molecule has 0 bridgehead atoms. The summed E-state index contributed by atoms with van der Waals surface area (Å²) in [5.74, 6) is -0.622. The first-order valence-electron chi connectivity index (χ1n) is 5.64. The van der Waals surface area contributed by atoms with Gasteiger partial charge in [-0.05, 0) is 31.0 Å². The number of hydrogen-bond acceptors (Lipinski definition) is 4. The fourth-order valence-electron chi connectivity index (χ4n) is 1.47. The van der Waals surface area contributed by atoms with E-state index in [1.807, 2.05) is 6.92 Å². The fourth-order valence-corrected chi connectivity index (χ4v) is 1.47. The first-order chi connectivity index (χ1) is 8.13. The number of aliphatic hydroxyl groups is 1. The predicted molar refractivity (Wildman–Crippen MR) is 63.8 cm³/mol. The zero-order valence-electron chi connectivity index (χ0n) is 9.89. The van der Waals surface area contributed by atoms with Gasteiger partial charge in [-0.15, -0.1) is 0 Å². The fraction of sp³-hybridized carbons (Fsp3) is 0.500. The molecule has 5 nitrogen and oxygen atoms in total. The van der Waals surface area contributed by atoms with Crippen molar-refractivity contribution >= 4 is 5.97 Å². The Labute approximate surface area is 101 Å². The van der Waals surface area contributed by atoms with E-state index in [-0.39, 0.29) is 12.3 Å². The van der Waals surface area contributed by atoms with Gasteiger partial charge in [0.1, 0.15) is 5.69 Å². The monoisotopic (exact) mass is 238 g/mol. The minimum Gasteiger partial charge on any atom is -0.477 e. The van der Waals surface area contributed by atoms with E-state index < -0.39 is 5.97 Å². The van der Waals surface area contributed by atoms with Gasteiger partial charge in [-0.1, -0.05) is 13.0 Å². The SMILES string of the molecule is CC(CCO)CNCc1cccc(C(=O)O)n1. The van der Waals surface area contributed by atoms with Crippen molar-refractivity contribution in [3.05, 3.63) is 29.6 Å². The molecular formula is C12H18N2O3. The van der Waals surface area contributed by atoms with E-state index in [2.05, 4.69) is 10.3 Å². The van der Waals surface area contributed by atoms with Gasteiger partial charge in [-0.25, -0.2) is 9.78 Å². The largest absolute Gasteiger partial charge is 0.477 e. The Morgan fingerprint density at radius 3 is 2.94 bits per heavy atom. The number of rotatable bonds is 7. The van der Waals surface area contributed by atoms with Crippen molar-refractivity contribution in [1.29, 1.82) is 0 Å². The van der Waals surface area contributed by atoms with Crippen LogP contribution in [0, 0.1) is 5.92 Å². The van der Waals surface area contributed by atoms with E-state index in [1.165, 1.54) is 6.07 Å². The Morgan fingerprint density at radius 2 is 2.29 bits per heavy atom. The Kier molecular flexibility index (Phi) is 5.59. The van der Waals surface area contributed by atoms with Gasteiger partial charge in [-0.2, -0.15) is 0 Å². The third kappa shape index (κ3) is 4.93. The van der Waals surface area contributed by atoms with Crippen LogP contribution in [0.15, 0.2) is 18.2 Å². The average molecular weight is 238 g/mol. The van der Waals surface area contributed by atoms with Crippen molar-refractivity contribution < 1.29 is 15.0 Å². The number of aromatic carboxylic acids is 1. The minimum atomic E-state index is -1.01. The van der Waals surface area contributed by atoms with Crippen LogP contribution in [0.2, 0.25) is 0 Å². The van der Waals surface area contributed by atoms with Crippen LogP contribution in [-0.2, 0) is 6.54 Å². The molecule has 0 aliphatic heterocycles. The molecule has 0 aliphatic rings. The molecule has 1 aromatic heterocycles. The third-order valence-corrected chi connectivity index (χ3v) is 2.45. The van der Waals surface area contributed by atoms with Crippen molar-refractivity contribution in [3.63, 3.8) is 0 Å². The molecule has 5 heteroatoms. The molecule has 0 fully saturated rings. The molecule has 0 aromatic carbocycles. The molecule has 1 unspecified atom stereocenters. The minimum absolute atomic E-state index is 0.0627. The Balaban J connectivity index is 2.41. The highest BCUT2D eigenvalue weighted by atomic mass is 16.4. The van der Waals surface area contributed by atoms with Gasteiger partial charge in [0, 0.05) is 13.2 Å². The van der Waals surface area contributed by atoms with E-state index in [4.69, 9.17) is 10.2 Å². The number of nitrogens with zero attached hydrogens (tertiary/aromatic N) is 1. The summed E-state index contributed by atoms with van der Waals surface area (Å²) in [4.78, 5) is 14.7. The van der Waals surface area contributed by atoms with Crippen molar-refractivity contribution in [3.8, 4) is 0 Å². The summed E-state index contributed by atoms with van der Waals surface area (Å²) < 4.78 is 0. The third-order valence-electron chi connectivity index (χ3n) is 2.45. The Hall–Kier alpha value is -1.46. The molecule has 0 saturated carbocycles. The molecule has 1 rings (SSSR count). The first-order valence-corrected chi connectivity index (χ1v) is 5.64. The molecular weight excluding hydrogens is 220 g/mol. The molecule has 1 aromatic rings. The summed E-state index contributed by atoms with van der Waals surface area (Å²) in [7, 11) is 0. The second kappa shape index (κ2) is 6.98. The van der Waals surface area contributed by atoms with E-state index in [0.717, 1.165) is 13.0 Å². The van der Waals surface area contributed by atoms with Crippen LogP contribution in [0.1, 0.15) is 29.5 Å². The maximum atomic E-state index is 10.7. The molecule has 0 spiro atoms. The smallest absolute Gasteiger partial charge is 0.354 e. The van der Waals surface area contributed by atoms with Crippen LogP contribution in [0.4, 0.5) is 0 Å². The summed E-state index contributed by atoms with van der Waals surface area (Å²) >= 11 is 0. The molecule has 0 aliphatic carbocycles. The quantitative estimate of drug-likeness (QED) is 0.657. The van der Waals surface area contributed by atoms with Gasteiger partial charge in [0.15, 0.2) is 0 Å². The average Bonchev–Trinajstić information content (AvgIpc) is 2.30. The van der Waals surface area contributed by atoms with Crippen LogP contribution in [-0.4, -0.2) is 34.3 Å². The lowest BCUT2D eigenvalue weighted by Crippen LogP contribution is -2.22. The van der Waals surface area contributed by atoms with Gasteiger partial charge in [-0.3, -0.25) is 0 Å². The maximum absolute atomic E-state index is 10.7. The topological polar surface area (TPSA) is 82.5 Å². The van der Waals surface area contributed by atoms with E-state index in [9.17, 15) is 4.79 Å². The highest BCUT2D eigenvalue weighted by Crippen LogP contribution is 2.01. The number of aliphatic hydroxyl groups excluding tert-OH is 1. The number of nitrogens with one attached hydrogen (secondary N) is 1. The second-order valence-electron chi connectivity index (χ2n) is 4.07. The number of hydrogen-bond donors (Lipinski definition) is 3. The number of carbonyl (C=O) groups is 1. The standard InChI is InChI=1S/C12H18N2O3/c1-9(5-6-15)7-13-8-10-3-2-4-11(14-10)12(16)17/h2-4,9,13,15H,5-8H2,1H3,(H,16,17). The summed E-state index contributed by atoms with van der Waals surface area (Å²) in [6, 6.07) is 4.95. The molecule has 0 amide bonds. The lowest BCUT2D eigenvalue weighted by atomic mass is 10.1. The van der Waals surface area contributed by atoms with Crippen LogP contribution < -0.4 is 5.32 Å². The Bertz CT molecular complexity index is 369. The summed E-state index contributed by atoms with van der Waals surface area (Å²) in [5, 5.41) is 20.7. The van der Waals surface area contributed by atoms with Gasteiger partial charge in [0.25, 0.3) is 0 Å².